The molecule has 0 bridgehead atoms. The smallest absolute Gasteiger partial charge is 0.363 e. The van der Waals surface area contributed by atoms with Crippen molar-refractivity contribution in [3.8, 4) is 11.4 Å². The van der Waals surface area contributed by atoms with Crippen molar-refractivity contribution in [2.45, 2.75) is 6.61 Å². The van der Waals surface area contributed by atoms with E-state index in [0.717, 1.165) is 5.69 Å². The van der Waals surface area contributed by atoms with Crippen LogP contribution in [-0.4, -0.2) is 35.9 Å². The number of para-hydroxylation sites is 1. The number of benzene rings is 2. The molecule has 1 aromatic heterocycles. The number of carbonyl (C=O) groups is 2. The largest absolute Gasteiger partial charge is 0.493 e. The molecule has 0 atom stereocenters. The van der Waals surface area contributed by atoms with Crippen LogP contribution in [0.3, 0.4) is 0 Å². The van der Waals surface area contributed by atoms with E-state index in [9.17, 15) is 9.59 Å². The topological polar surface area (TPSA) is 79.7 Å². The Bertz CT molecular complexity index is 950. The first-order valence-corrected chi connectivity index (χ1v) is 8.16. The summed E-state index contributed by atoms with van der Waals surface area (Å²) in [5.74, 6) is -0.761. The van der Waals surface area contributed by atoms with Crippen LogP contribution in [0.25, 0.3) is 5.69 Å². The van der Waals surface area contributed by atoms with Gasteiger partial charge in [0, 0.05) is 0 Å². The summed E-state index contributed by atoms with van der Waals surface area (Å²) in [6.07, 6.45) is 1.61. The van der Waals surface area contributed by atoms with Crippen LogP contribution in [0.15, 0.2) is 60.8 Å². The van der Waals surface area contributed by atoms with E-state index in [0.29, 0.717) is 16.9 Å². The molecule has 138 valence electrons. The molecule has 2 aromatic carbocycles. The van der Waals surface area contributed by atoms with Crippen molar-refractivity contribution in [2.24, 2.45) is 0 Å². The molecule has 0 aliphatic rings. The summed E-state index contributed by atoms with van der Waals surface area (Å²) < 4.78 is 16.8. The Labute approximate surface area is 156 Å². The SMILES string of the molecule is COC(=O)c1cccc(COC(=O)c2nn(-c3ccccc3)cc2OC)c1. The molecule has 0 radical (unpaired) electrons. The molecule has 0 amide bonds. The molecule has 0 saturated heterocycles. The van der Waals surface area contributed by atoms with E-state index in [4.69, 9.17) is 9.47 Å². The van der Waals surface area contributed by atoms with Crippen molar-refractivity contribution in [1.29, 1.82) is 0 Å². The lowest BCUT2D eigenvalue weighted by atomic mass is 10.1. The maximum Gasteiger partial charge on any atom is 0.363 e. The van der Waals surface area contributed by atoms with Crippen molar-refractivity contribution in [1.82, 2.24) is 9.78 Å². The standard InChI is InChI=1S/C20H18N2O5/c1-25-17-12-22(16-9-4-3-5-10-16)21-18(17)20(24)27-13-14-7-6-8-15(11-14)19(23)26-2/h3-12H,13H2,1-2H3. The van der Waals surface area contributed by atoms with Crippen LogP contribution in [0.2, 0.25) is 0 Å². The van der Waals surface area contributed by atoms with Crippen LogP contribution >= 0.6 is 0 Å². The zero-order chi connectivity index (χ0) is 19.2. The molecule has 0 aliphatic heterocycles. The minimum atomic E-state index is -0.620. The third-order valence-electron chi connectivity index (χ3n) is 3.83. The number of hydrogen-bond acceptors (Lipinski definition) is 6. The van der Waals surface area contributed by atoms with Crippen LogP contribution in [0.5, 0.6) is 5.75 Å². The minimum Gasteiger partial charge on any atom is -0.493 e. The molecule has 0 saturated carbocycles. The molecule has 27 heavy (non-hydrogen) atoms. The van der Waals surface area contributed by atoms with Gasteiger partial charge in [0.2, 0.25) is 5.69 Å². The molecule has 0 unspecified atom stereocenters. The van der Waals surface area contributed by atoms with E-state index >= 15 is 0 Å². The summed E-state index contributed by atoms with van der Waals surface area (Å²) in [4.78, 5) is 24.0. The molecule has 7 heteroatoms. The van der Waals surface area contributed by atoms with E-state index < -0.39 is 11.9 Å². The quantitative estimate of drug-likeness (QED) is 0.624. The molecule has 0 fully saturated rings. The van der Waals surface area contributed by atoms with Gasteiger partial charge in [0.25, 0.3) is 0 Å². The lowest BCUT2D eigenvalue weighted by Gasteiger charge is -2.06. The fourth-order valence-electron chi connectivity index (χ4n) is 2.49. The highest BCUT2D eigenvalue weighted by Gasteiger charge is 2.20. The van der Waals surface area contributed by atoms with Crippen molar-refractivity contribution in [3.05, 3.63) is 77.6 Å². The third-order valence-corrected chi connectivity index (χ3v) is 3.83. The van der Waals surface area contributed by atoms with Crippen molar-refractivity contribution in [3.63, 3.8) is 0 Å². The second-order valence-electron chi connectivity index (χ2n) is 5.59. The van der Waals surface area contributed by atoms with E-state index in [1.54, 1.807) is 35.1 Å². The van der Waals surface area contributed by atoms with Crippen LogP contribution in [0, 0.1) is 0 Å². The second-order valence-corrected chi connectivity index (χ2v) is 5.59. The first-order valence-electron chi connectivity index (χ1n) is 8.16. The minimum absolute atomic E-state index is 0.00891. The van der Waals surface area contributed by atoms with E-state index in [1.807, 2.05) is 30.3 Å². The monoisotopic (exact) mass is 366 g/mol. The summed E-state index contributed by atoms with van der Waals surface area (Å²) in [5.41, 5.74) is 1.91. The number of hydrogen-bond donors (Lipinski definition) is 0. The second kappa shape index (κ2) is 8.18. The van der Waals surface area contributed by atoms with Gasteiger partial charge >= 0.3 is 11.9 Å². The number of aromatic nitrogens is 2. The predicted molar refractivity (Wildman–Crippen MR) is 97.0 cm³/mol. The molecule has 0 spiro atoms. The maximum atomic E-state index is 12.4. The number of nitrogens with zero attached hydrogens (tertiary/aromatic N) is 2. The predicted octanol–water partition coefficient (Wildman–Crippen LogP) is 3.02. The van der Waals surface area contributed by atoms with Crippen LogP contribution in [0.1, 0.15) is 26.4 Å². The number of rotatable bonds is 6. The summed E-state index contributed by atoms with van der Waals surface area (Å²) in [5, 5.41) is 4.27. The summed E-state index contributed by atoms with van der Waals surface area (Å²) >= 11 is 0. The zero-order valence-corrected chi connectivity index (χ0v) is 14.9. The lowest BCUT2D eigenvalue weighted by molar-refractivity contribution is 0.0461. The Kier molecular flexibility index (Phi) is 5.51. The van der Waals surface area contributed by atoms with Gasteiger partial charge < -0.3 is 14.2 Å². The normalized spacial score (nSPS) is 10.3. The zero-order valence-electron chi connectivity index (χ0n) is 14.9. The van der Waals surface area contributed by atoms with Gasteiger partial charge in [0.05, 0.1) is 31.7 Å². The highest BCUT2D eigenvalue weighted by Crippen LogP contribution is 2.21. The summed E-state index contributed by atoms with van der Waals surface area (Å²) in [6.45, 7) is -0.00891. The molecule has 3 rings (SSSR count). The van der Waals surface area contributed by atoms with Gasteiger partial charge in [-0.3, -0.25) is 0 Å². The Hall–Kier alpha value is -3.61. The van der Waals surface area contributed by atoms with Gasteiger partial charge in [0.1, 0.15) is 6.61 Å². The Morgan fingerprint density at radius 2 is 1.78 bits per heavy atom. The van der Waals surface area contributed by atoms with Gasteiger partial charge in [-0.1, -0.05) is 30.3 Å². The first-order chi connectivity index (χ1) is 13.1. The maximum absolute atomic E-state index is 12.4. The fourth-order valence-corrected chi connectivity index (χ4v) is 2.49. The molecular weight excluding hydrogens is 348 g/mol. The van der Waals surface area contributed by atoms with E-state index in [1.165, 1.54) is 14.2 Å². The molecule has 0 N–H and O–H groups in total. The van der Waals surface area contributed by atoms with Crippen molar-refractivity contribution < 1.29 is 23.8 Å². The van der Waals surface area contributed by atoms with Gasteiger partial charge in [-0.15, -0.1) is 0 Å². The average Bonchev–Trinajstić information content (AvgIpc) is 3.17. The Balaban J connectivity index is 1.75. The number of ether oxygens (including phenoxy) is 3. The van der Waals surface area contributed by atoms with E-state index in [2.05, 4.69) is 9.84 Å². The Morgan fingerprint density at radius 3 is 2.48 bits per heavy atom. The van der Waals surface area contributed by atoms with Crippen molar-refractivity contribution in [2.75, 3.05) is 14.2 Å². The summed E-state index contributed by atoms with van der Waals surface area (Å²) in [7, 11) is 2.77. The van der Waals surface area contributed by atoms with Crippen LogP contribution in [-0.2, 0) is 16.1 Å². The van der Waals surface area contributed by atoms with Gasteiger partial charge in [-0.05, 0) is 29.8 Å². The average molecular weight is 366 g/mol. The highest BCUT2D eigenvalue weighted by molar-refractivity contribution is 5.90. The van der Waals surface area contributed by atoms with E-state index in [-0.39, 0.29) is 12.3 Å². The van der Waals surface area contributed by atoms with Crippen LogP contribution in [0.4, 0.5) is 0 Å². The number of methoxy groups -OCH3 is 2. The number of esters is 2. The molecule has 3 aromatic rings. The molecule has 7 nitrogen and oxygen atoms in total. The molecular formula is C20H18N2O5. The first kappa shape index (κ1) is 18.2. The summed E-state index contributed by atoms with van der Waals surface area (Å²) in [6, 6.07) is 16.0. The van der Waals surface area contributed by atoms with Crippen molar-refractivity contribution >= 4 is 11.9 Å². The van der Waals surface area contributed by atoms with Gasteiger partial charge in [0.15, 0.2) is 5.75 Å². The van der Waals surface area contributed by atoms with Gasteiger partial charge in [-0.2, -0.15) is 5.10 Å². The number of carbonyl (C=O) groups excluding carboxylic acids is 2. The Morgan fingerprint density at radius 1 is 1.00 bits per heavy atom. The fraction of sp³-hybridized carbons (Fsp3) is 0.150. The van der Waals surface area contributed by atoms with Gasteiger partial charge in [-0.25, -0.2) is 14.3 Å². The highest BCUT2D eigenvalue weighted by atomic mass is 16.5. The molecule has 0 aliphatic carbocycles. The molecule has 1 heterocycles. The third kappa shape index (κ3) is 4.14. The van der Waals surface area contributed by atoms with Crippen LogP contribution < -0.4 is 4.74 Å². The lowest BCUT2D eigenvalue weighted by Crippen LogP contribution is -2.09.